The summed E-state index contributed by atoms with van der Waals surface area (Å²) >= 11 is 0. The maximum absolute atomic E-state index is 9.29. The SMILES string of the molecule is Oc1cc(O)cc(C2CNCCO2)c1. The van der Waals surface area contributed by atoms with E-state index in [1.807, 2.05) is 0 Å². The molecule has 1 saturated heterocycles. The average Bonchev–Trinajstić information content (AvgIpc) is 2.18. The number of ether oxygens (including phenoxy) is 1. The van der Waals surface area contributed by atoms with Gasteiger partial charge >= 0.3 is 0 Å². The predicted molar refractivity (Wildman–Crippen MR) is 51.3 cm³/mol. The van der Waals surface area contributed by atoms with Crippen LogP contribution in [0.1, 0.15) is 11.7 Å². The first kappa shape index (κ1) is 9.30. The van der Waals surface area contributed by atoms with Gasteiger partial charge in [0, 0.05) is 19.2 Å². The summed E-state index contributed by atoms with van der Waals surface area (Å²) in [6.45, 7) is 2.21. The highest BCUT2D eigenvalue weighted by Crippen LogP contribution is 2.27. The van der Waals surface area contributed by atoms with Crippen LogP contribution in [0.4, 0.5) is 0 Å². The van der Waals surface area contributed by atoms with Crippen molar-refractivity contribution in [1.29, 1.82) is 0 Å². The molecule has 1 atom stereocenters. The Labute approximate surface area is 82.1 Å². The minimum Gasteiger partial charge on any atom is -0.508 e. The van der Waals surface area contributed by atoms with Gasteiger partial charge in [0.2, 0.25) is 0 Å². The third-order valence-corrected chi connectivity index (χ3v) is 2.22. The van der Waals surface area contributed by atoms with E-state index in [2.05, 4.69) is 5.32 Å². The molecule has 1 aliphatic heterocycles. The van der Waals surface area contributed by atoms with Crippen LogP contribution in [-0.2, 0) is 4.74 Å². The molecular weight excluding hydrogens is 182 g/mol. The van der Waals surface area contributed by atoms with Crippen molar-refractivity contribution in [3.8, 4) is 11.5 Å². The van der Waals surface area contributed by atoms with Crippen LogP contribution >= 0.6 is 0 Å². The second-order valence-corrected chi connectivity index (χ2v) is 3.35. The van der Waals surface area contributed by atoms with Gasteiger partial charge in [-0.05, 0) is 17.7 Å². The minimum absolute atomic E-state index is 0.0640. The first-order valence-corrected chi connectivity index (χ1v) is 4.61. The smallest absolute Gasteiger partial charge is 0.119 e. The van der Waals surface area contributed by atoms with E-state index in [9.17, 15) is 10.2 Å². The van der Waals surface area contributed by atoms with E-state index >= 15 is 0 Å². The summed E-state index contributed by atoms with van der Waals surface area (Å²) in [6.07, 6.45) is -0.0817. The highest BCUT2D eigenvalue weighted by atomic mass is 16.5. The summed E-state index contributed by atoms with van der Waals surface area (Å²) in [7, 11) is 0. The van der Waals surface area contributed by atoms with Crippen molar-refractivity contribution < 1.29 is 14.9 Å². The van der Waals surface area contributed by atoms with E-state index in [-0.39, 0.29) is 17.6 Å². The summed E-state index contributed by atoms with van der Waals surface area (Å²) in [4.78, 5) is 0. The molecule has 76 valence electrons. The average molecular weight is 195 g/mol. The predicted octanol–water partition coefficient (Wildman–Crippen LogP) is 0.759. The quantitative estimate of drug-likeness (QED) is 0.619. The summed E-state index contributed by atoms with van der Waals surface area (Å²) in [5, 5.41) is 21.8. The molecule has 0 saturated carbocycles. The van der Waals surface area contributed by atoms with E-state index in [4.69, 9.17) is 4.74 Å². The Bertz CT molecular complexity index is 301. The number of morpholine rings is 1. The largest absolute Gasteiger partial charge is 0.508 e. The lowest BCUT2D eigenvalue weighted by Crippen LogP contribution is -2.33. The van der Waals surface area contributed by atoms with E-state index in [0.717, 1.165) is 12.1 Å². The molecule has 1 fully saturated rings. The topological polar surface area (TPSA) is 61.7 Å². The van der Waals surface area contributed by atoms with Gasteiger partial charge in [0.15, 0.2) is 0 Å². The zero-order chi connectivity index (χ0) is 9.97. The van der Waals surface area contributed by atoms with Crippen LogP contribution in [0, 0.1) is 0 Å². The van der Waals surface area contributed by atoms with Crippen molar-refractivity contribution in [2.45, 2.75) is 6.10 Å². The highest BCUT2D eigenvalue weighted by Gasteiger charge is 2.16. The van der Waals surface area contributed by atoms with Crippen molar-refractivity contribution in [1.82, 2.24) is 5.32 Å². The van der Waals surface area contributed by atoms with E-state index < -0.39 is 0 Å². The van der Waals surface area contributed by atoms with Gasteiger partial charge in [0.1, 0.15) is 11.5 Å². The summed E-state index contributed by atoms with van der Waals surface area (Å²) < 4.78 is 5.49. The Balaban J connectivity index is 2.21. The Kier molecular flexibility index (Phi) is 2.56. The second-order valence-electron chi connectivity index (χ2n) is 3.35. The molecule has 1 aromatic carbocycles. The molecule has 14 heavy (non-hydrogen) atoms. The lowest BCUT2D eigenvalue weighted by Gasteiger charge is -2.24. The van der Waals surface area contributed by atoms with Gasteiger partial charge in [-0.15, -0.1) is 0 Å². The lowest BCUT2D eigenvalue weighted by molar-refractivity contribution is 0.0274. The number of phenolic OH excluding ortho intramolecular Hbond substituents is 2. The zero-order valence-electron chi connectivity index (χ0n) is 7.73. The van der Waals surface area contributed by atoms with Gasteiger partial charge in [-0.2, -0.15) is 0 Å². The van der Waals surface area contributed by atoms with Gasteiger partial charge in [0.25, 0.3) is 0 Å². The van der Waals surface area contributed by atoms with Gasteiger partial charge in [-0.3, -0.25) is 0 Å². The van der Waals surface area contributed by atoms with E-state index in [1.54, 1.807) is 12.1 Å². The fourth-order valence-electron chi connectivity index (χ4n) is 1.58. The van der Waals surface area contributed by atoms with Crippen LogP contribution in [0.3, 0.4) is 0 Å². The van der Waals surface area contributed by atoms with E-state index in [0.29, 0.717) is 13.2 Å². The van der Waals surface area contributed by atoms with Crippen LogP contribution in [0.2, 0.25) is 0 Å². The van der Waals surface area contributed by atoms with Gasteiger partial charge in [-0.1, -0.05) is 0 Å². The Morgan fingerprint density at radius 3 is 2.50 bits per heavy atom. The molecule has 4 heteroatoms. The molecule has 0 radical (unpaired) electrons. The van der Waals surface area contributed by atoms with Crippen molar-refractivity contribution in [2.24, 2.45) is 0 Å². The number of phenols is 2. The van der Waals surface area contributed by atoms with Gasteiger partial charge in [0.05, 0.1) is 12.7 Å². The molecule has 0 bridgehead atoms. The Hall–Kier alpha value is -1.26. The molecule has 0 spiro atoms. The van der Waals surface area contributed by atoms with Crippen molar-refractivity contribution in [2.75, 3.05) is 19.7 Å². The fraction of sp³-hybridized carbons (Fsp3) is 0.400. The first-order valence-electron chi connectivity index (χ1n) is 4.61. The number of hydrogen-bond acceptors (Lipinski definition) is 4. The van der Waals surface area contributed by atoms with E-state index in [1.165, 1.54) is 6.07 Å². The monoisotopic (exact) mass is 195 g/mol. The molecule has 0 aliphatic carbocycles. The summed E-state index contributed by atoms with van der Waals surface area (Å²) in [5.74, 6) is 0.128. The molecule has 1 heterocycles. The second kappa shape index (κ2) is 3.86. The Morgan fingerprint density at radius 1 is 1.21 bits per heavy atom. The Morgan fingerprint density at radius 2 is 1.93 bits per heavy atom. The van der Waals surface area contributed by atoms with Crippen LogP contribution in [0.25, 0.3) is 0 Å². The maximum atomic E-state index is 9.29. The summed E-state index contributed by atoms with van der Waals surface area (Å²) in [6, 6.07) is 4.52. The minimum atomic E-state index is -0.0817. The number of benzene rings is 1. The number of hydrogen-bond donors (Lipinski definition) is 3. The third kappa shape index (κ3) is 1.97. The first-order chi connectivity index (χ1) is 6.75. The number of rotatable bonds is 1. The normalized spacial score (nSPS) is 22.1. The van der Waals surface area contributed by atoms with Crippen molar-refractivity contribution in [3.05, 3.63) is 23.8 Å². The molecule has 1 unspecified atom stereocenters. The fourth-order valence-corrected chi connectivity index (χ4v) is 1.58. The van der Waals surface area contributed by atoms with Crippen LogP contribution in [0.5, 0.6) is 11.5 Å². The standard InChI is InChI=1S/C10H13NO3/c12-8-3-7(4-9(13)5-8)10-6-11-1-2-14-10/h3-5,10-13H,1-2,6H2. The third-order valence-electron chi connectivity index (χ3n) is 2.22. The van der Waals surface area contributed by atoms with Crippen molar-refractivity contribution >= 4 is 0 Å². The van der Waals surface area contributed by atoms with Crippen LogP contribution in [0.15, 0.2) is 18.2 Å². The van der Waals surface area contributed by atoms with Crippen molar-refractivity contribution in [3.63, 3.8) is 0 Å². The number of aromatic hydroxyl groups is 2. The summed E-state index contributed by atoms with van der Waals surface area (Å²) in [5.41, 5.74) is 0.801. The number of nitrogens with one attached hydrogen (secondary N) is 1. The van der Waals surface area contributed by atoms with Gasteiger partial charge < -0.3 is 20.3 Å². The van der Waals surface area contributed by atoms with Gasteiger partial charge in [-0.25, -0.2) is 0 Å². The molecule has 4 nitrogen and oxygen atoms in total. The molecule has 2 rings (SSSR count). The zero-order valence-corrected chi connectivity index (χ0v) is 7.73. The molecule has 0 amide bonds. The lowest BCUT2D eigenvalue weighted by atomic mass is 10.1. The van der Waals surface area contributed by atoms with Crippen LogP contribution in [-0.4, -0.2) is 29.9 Å². The molecule has 1 aliphatic rings. The molecule has 1 aromatic rings. The molecule has 3 N–H and O–H groups in total. The molecular formula is C10H13NO3. The molecule has 0 aromatic heterocycles. The van der Waals surface area contributed by atoms with Crippen LogP contribution < -0.4 is 5.32 Å². The highest BCUT2D eigenvalue weighted by molar-refractivity contribution is 5.37. The maximum Gasteiger partial charge on any atom is 0.119 e.